The summed E-state index contributed by atoms with van der Waals surface area (Å²) in [7, 11) is -3.17. The SMILES string of the molecule is CCC(=O)NC(CC)c1ccc(S(C)(=O)=O)cc1. The second-order valence-corrected chi connectivity index (χ2v) is 6.24. The average Bonchev–Trinajstić information content (AvgIpc) is 2.34. The molecule has 1 aromatic carbocycles. The van der Waals surface area contributed by atoms with Gasteiger partial charge in [-0.15, -0.1) is 0 Å². The highest BCUT2D eigenvalue weighted by molar-refractivity contribution is 7.90. The lowest BCUT2D eigenvalue weighted by atomic mass is 10.0. The van der Waals surface area contributed by atoms with E-state index in [4.69, 9.17) is 0 Å². The topological polar surface area (TPSA) is 63.2 Å². The summed E-state index contributed by atoms with van der Waals surface area (Å²) >= 11 is 0. The maximum Gasteiger partial charge on any atom is 0.220 e. The fraction of sp³-hybridized carbons (Fsp3) is 0.462. The van der Waals surface area contributed by atoms with Crippen LogP contribution in [0.15, 0.2) is 29.2 Å². The maximum absolute atomic E-state index is 11.4. The summed E-state index contributed by atoms with van der Waals surface area (Å²) in [6, 6.07) is 6.59. The molecular formula is C13H19NO3S. The molecule has 1 atom stereocenters. The Hall–Kier alpha value is -1.36. The number of hydrogen-bond donors (Lipinski definition) is 1. The number of carbonyl (C=O) groups excluding carboxylic acids is 1. The Morgan fingerprint density at radius 1 is 1.22 bits per heavy atom. The molecule has 0 bridgehead atoms. The van der Waals surface area contributed by atoms with Gasteiger partial charge in [0.15, 0.2) is 9.84 Å². The Labute approximate surface area is 108 Å². The Morgan fingerprint density at radius 3 is 2.17 bits per heavy atom. The summed E-state index contributed by atoms with van der Waals surface area (Å²) in [5.41, 5.74) is 0.923. The predicted molar refractivity (Wildman–Crippen MR) is 71.0 cm³/mol. The van der Waals surface area contributed by atoms with Crippen LogP contribution in [-0.4, -0.2) is 20.6 Å². The quantitative estimate of drug-likeness (QED) is 0.890. The summed E-state index contributed by atoms with van der Waals surface area (Å²) in [4.78, 5) is 11.7. The van der Waals surface area contributed by atoms with E-state index in [2.05, 4.69) is 5.32 Å². The normalized spacial score (nSPS) is 13.1. The first kappa shape index (κ1) is 14.7. The molecule has 0 saturated heterocycles. The molecule has 1 rings (SSSR count). The number of rotatable bonds is 5. The molecule has 0 aliphatic heterocycles. The average molecular weight is 269 g/mol. The molecule has 1 unspecified atom stereocenters. The highest BCUT2D eigenvalue weighted by Crippen LogP contribution is 2.19. The lowest BCUT2D eigenvalue weighted by Crippen LogP contribution is -2.27. The van der Waals surface area contributed by atoms with E-state index in [1.165, 1.54) is 6.26 Å². The molecule has 1 aromatic rings. The molecule has 0 heterocycles. The van der Waals surface area contributed by atoms with E-state index in [1.807, 2.05) is 6.92 Å². The number of nitrogens with one attached hydrogen (secondary N) is 1. The van der Waals surface area contributed by atoms with Gasteiger partial charge in [0.25, 0.3) is 0 Å². The first-order chi connectivity index (χ1) is 8.38. The van der Waals surface area contributed by atoms with Crippen molar-refractivity contribution in [1.82, 2.24) is 5.32 Å². The third-order valence-electron chi connectivity index (χ3n) is 2.78. The summed E-state index contributed by atoms with van der Waals surface area (Å²) in [6.07, 6.45) is 2.39. The van der Waals surface area contributed by atoms with Crippen LogP contribution in [0.3, 0.4) is 0 Å². The molecule has 0 saturated carbocycles. The van der Waals surface area contributed by atoms with Crippen molar-refractivity contribution in [3.05, 3.63) is 29.8 Å². The third kappa shape index (κ3) is 3.84. The summed E-state index contributed by atoms with van der Waals surface area (Å²) in [5, 5.41) is 2.90. The Balaban J connectivity index is 2.92. The monoisotopic (exact) mass is 269 g/mol. The first-order valence-corrected chi connectivity index (χ1v) is 7.87. The lowest BCUT2D eigenvalue weighted by Gasteiger charge is -2.17. The predicted octanol–water partition coefficient (Wildman–Crippen LogP) is 2.07. The van der Waals surface area contributed by atoms with E-state index in [1.54, 1.807) is 31.2 Å². The van der Waals surface area contributed by atoms with Crippen molar-refractivity contribution < 1.29 is 13.2 Å². The van der Waals surface area contributed by atoms with Gasteiger partial charge in [0, 0.05) is 12.7 Å². The molecule has 0 aliphatic rings. The van der Waals surface area contributed by atoms with E-state index in [-0.39, 0.29) is 11.9 Å². The second kappa shape index (κ2) is 6.00. The van der Waals surface area contributed by atoms with Crippen molar-refractivity contribution in [1.29, 1.82) is 0 Å². The fourth-order valence-electron chi connectivity index (χ4n) is 1.66. The molecule has 1 N–H and O–H groups in total. The minimum Gasteiger partial charge on any atom is -0.349 e. The Bertz CT molecular complexity index is 506. The minimum atomic E-state index is -3.17. The van der Waals surface area contributed by atoms with Crippen LogP contribution < -0.4 is 5.32 Å². The molecule has 0 spiro atoms. The van der Waals surface area contributed by atoms with Gasteiger partial charge in [-0.25, -0.2) is 8.42 Å². The zero-order valence-corrected chi connectivity index (χ0v) is 11.8. The number of hydrogen-bond acceptors (Lipinski definition) is 3. The van der Waals surface area contributed by atoms with Crippen LogP contribution in [-0.2, 0) is 14.6 Å². The van der Waals surface area contributed by atoms with Crippen molar-refractivity contribution in [2.45, 2.75) is 37.6 Å². The van der Waals surface area contributed by atoms with Gasteiger partial charge < -0.3 is 5.32 Å². The van der Waals surface area contributed by atoms with Crippen LogP contribution in [0, 0.1) is 0 Å². The molecule has 0 aliphatic carbocycles. The van der Waals surface area contributed by atoms with Gasteiger partial charge in [-0.2, -0.15) is 0 Å². The van der Waals surface area contributed by atoms with Gasteiger partial charge in [0.05, 0.1) is 10.9 Å². The van der Waals surface area contributed by atoms with Crippen molar-refractivity contribution in [3.63, 3.8) is 0 Å². The van der Waals surface area contributed by atoms with E-state index in [9.17, 15) is 13.2 Å². The van der Waals surface area contributed by atoms with Crippen LogP contribution in [0.2, 0.25) is 0 Å². The Kier molecular flexibility index (Phi) is 4.90. The van der Waals surface area contributed by atoms with Crippen molar-refractivity contribution in [2.75, 3.05) is 6.26 Å². The van der Waals surface area contributed by atoms with Crippen LogP contribution in [0.1, 0.15) is 38.3 Å². The zero-order chi connectivity index (χ0) is 13.8. The molecule has 0 aromatic heterocycles. The Morgan fingerprint density at radius 2 is 1.78 bits per heavy atom. The molecule has 0 radical (unpaired) electrons. The molecular weight excluding hydrogens is 250 g/mol. The number of sulfone groups is 1. The molecule has 4 nitrogen and oxygen atoms in total. The third-order valence-corrected chi connectivity index (χ3v) is 3.90. The number of carbonyl (C=O) groups is 1. The highest BCUT2D eigenvalue weighted by atomic mass is 32.2. The largest absolute Gasteiger partial charge is 0.349 e. The smallest absolute Gasteiger partial charge is 0.220 e. The number of benzene rings is 1. The molecule has 100 valence electrons. The van der Waals surface area contributed by atoms with E-state index in [0.29, 0.717) is 11.3 Å². The highest BCUT2D eigenvalue weighted by Gasteiger charge is 2.13. The summed E-state index contributed by atoms with van der Waals surface area (Å²) < 4.78 is 22.7. The lowest BCUT2D eigenvalue weighted by molar-refractivity contribution is -0.121. The van der Waals surface area contributed by atoms with Gasteiger partial charge in [-0.05, 0) is 24.1 Å². The van der Waals surface area contributed by atoms with Gasteiger partial charge in [-0.3, -0.25) is 4.79 Å². The van der Waals surface area contributed by atoms with E-state index < -0.39 is 9.84 Å². The van der Waals surface area contributed by atoms with Crippen LogP contribution in [0.4, 0.5) is 0 Å². The van der Waals surface area contributed by atoms with Crippen molar-refractivity contribution >= 4 is 15.7 Å². The first-order valence-electron chi connectivity index (χ1n) is 5.97. The van der Waals surface area contributed by atoms with Crippen LogP contribution in [0.5, 0.6) is 0 Å². The van der Waals surface area contributed by atoms with Gasteiger partial charge in [-0.1, -0.05) is 26.0 Å². The van der Waals surface area contributed by atoms with E-state index in [0.717, 1.165) is 12.0 Å². The van der Waals surface area contributed by atoms with Gasteiger partial charge in [0.1, 0.15) is 0 Å². The minimum absolute atomic E-state index is 0.00552. The molecule has 5 heteroatoms. The van der Waals surface area contributed by atoms with Crippen LogP contribution in [0.25, 0.3) is 0 Å². The summed E-state index contributed by atoms with van der Waals surface area (Å²) in [5.74, 6) is -0.00552. The van der Waals surface area contributed by atoms with Crippen molar-refractivity contribution in [2.24, 2.45) is 0 Å². The van der Waals surface area contributed by atoms with Gasteiger partial charge >= 0.3 is 0 Å². The van der Waals surface area contributed by atoms with Crippen LogP contribution >= 0.6 is 0 Å². The number of amides is 1. The standard InChI is InChI=1S/C13H19NO3S/c1-4-12(14-13(15)5-2)10-6-8-11(9-7-10)18(3,16)17/h6-9,12H,4-5H2,1-3H3,(H,14,15). The second-order valence-electron chi connectivity index (χ2n) is 4.22. The van der Waals surface area contributed by atoms with Crippen molar-refractivity contribution in [3.8, 4) is 0 Å². The maximum atomic E-state index is 11.4. The van der Waals surface area contributed by atoms with E-state index >= 15 is 0 Å². The molecule has 18 heavy (non-hydrogen) atoms. The zero-order valence-electron chi connectivity index (χ0n) is 10.9. The summed E-state index contributed by atoms with van der Waals surface area (Å²) in [6.45, 7) is 3.78. The fourth-order valence-corrected chi connectivity index (χ4v) is 2.30. The van der Waals surface area contributed by atoms with Gasteiger partial charge in [0.2, 0.25) is 5.91 Å². The molecule has 0 fully saturated rings. The molecule has 1 amide bonds.